The van der Waals surface area contributed by atoms with Crippen LogP contribution in [0.4, 0.5) is 0 Å². The molecule has 4 aromatic carbocycles. The minimum atomic E-state index is -2.39. The third-order valence-corrected chi connectivity index (χ3v) is 13.3. The van der Waals surface area contributed by atoms with E-state index < -0.39 is 43.6 Å². The number of aromatic amines is 1. The number of benzene rings is 4. The molecule has 0 amide bonds. The van der Waals surface area contributed by atoms with Gasteiger partial charge >= 0.3 is 295 Å². The van der Waals surface area contributed by atoms with Crippen LogP contribution < -0.4 is 20.4 Å². The normalized spacial score (nSPS) is 19.4. The van der Waals surface area contributed by atoms with Gasteiger partial charge in [-0.2, -0.15) is 0 Å². The van der Waals surface area contributed by atoms with E-state index in [1.807, 2.05) is 84.6 Å². The number of nitrogens with one attached hydrogen (secondary N) is 1. The third kappa shape index (κ3) is 7.50. The molecular weight excluding hydrogens is 699 g/mol. The summed E-state index contributed by atoms with van der Waals surface area (Å²) in [6.07, 6.45) is -0.215. The van der Waals surface area contributed by atoms with Gasteiger partial charge in [-0.05, 0) is 0 Å². The van der Waals surface area contributed by atoms with E-state index in [-0.39, 0.29) is 26.4 Å². The van der Waals surface area contributed by atoms with Crippen molar-refractivity contribution in [3.05, 3.63) is 177 Å². The summed E-state index contributed by atoms with van der Waals surface area (Å²) >= 11 is -0.182. The molecule has 6 rings (SSSR count). The van der Waals surface area contributed by atoms with Gasteiger partial charge in [0.2, 0.25) is 0 Å². The Hall–Kier alpha value is -4.28. The molecule has 0 bridgehead atoms. The summed E-state index contributed by atoms with van der Waals surface area (Å²) in [5.74, 6) is 0.739. The Kier molecular flexibility index (Phi) is 10.6. The van der Waals surface area contributed by atoms with E-state index in [9.17, 15) is 9.59 Å². The molecule has 0 aliphatic carbocycles. The fourth-order valence-electron chi connectivity index (χ4n) is 6.15. The molecule has 2 heterocycles. The quantitative estimate of drug-likeness (QED) is 0.125. The van der Waals surface area contributed by atoms with Gasteiger partial charge in [-0.15, -0.1) is 0 Å². The molecule has 0 unspecified atom stereocenters. The zero-order valence-electron chi connectivity index (χ0n) is 27.7. The zero-order chi connectivity index (χ0) is 34.4. The van der Waals surface area contributed by atoms with Gasteiger partial charge in [0.05, 0.1) is 0 Å². The van der Waals surface area contributed by atoms with Crippen molar-refractivity contribution in [1.82, 2.24) is 9.55 Å². The first-order chi connectivity index (χ1) is 23.7. The predicted octanol–water partition coefficient (Wildman–Crippen LogP) is 5.59. The number of hydrogen-bond acceptors (Lipinski definition) is 6. The van der Waals surface area contributed by atoms with Crippen LogP contribution in [0.15, 0.2) is 149 Å². The number of rotatable bonds is 13. The molecule has 0 saturated carbocycles. The first-order valence-corrected chi connectivity index (χ1v) is 21.0. The van der Waals surface area contributed by atoms with Gasteiger partial charge in [0.1, 0.15) is 0 Å². The number of nitrogens with zero attached hydrogens (tertiary/aromatic N) is 1. The van der Waals surface area contributed by atoms with Crippen LogP contribution >= 0.6 is 0 Å². The maximum atomic E-state index is 13.2. The van der Waals surface area contributed by atoms with E-state index in [1.165, 1.54) is 16.8 Å². The molecule has 8 nitrogen and oxygen atoms in total. The molecule has 4 atom stereocenters. The molecule has 10 heteroatoms. The third-order valence-electron chi connectivity index (χ3n) is 8.68. The van der Waals surface area contributed by atoms with Gasteiger partial charge in [0, 0.05) is 0 Å². The Morgan fingerprint density at radius 2 is 1.43 bits per heavy atom. The van der Waals surface area contributed by atoms with Crippen molar-refractivity contribution in [1.29, 1.82) is 0 Å². The summed E-state index contributed by atoms with van der Waals surface area (Å²) in [6, 6.07) is 39.7. The number of H-pyrrole nitrogens is 1. The summed E-state index contributed by atoms with van der Waals surface area (Å²) in [6.45, 7) is 8.42. The van der Waals surface area contributed by atoms with Crippen LogP contribution in [-0.4, -0.2) is 58.7 Å². The second-order valence-electron chi connectivity index (χ2n) is 12.3. The maximum absolute atomic E-state index is 13.2. The molecule has 1 N–H and O–H groups in total. The molecule has 1 fully saturated rings. The van der Waals surface area contributed by atoms with Crippen LogP contribution in [0.25, 0.3) is 0 Å². The number of hydrogen-bond donors (Lipinski definition) is 1. The first-order valence-electron chi connectivity index (χ1n) is 16.1. The Balaban J connectivity index is 1.47. The van der Waals surface area contributed by atoms with Gasteiger partial charge in [0.25, 0.3) is 0 Å². The van der Waals surface area contributed by atoms with Crippen molar-refractivity contribution in [2.24, 2.45) is 0 Å². The summed E-state index contributed by atoms with van der Waals surface area (Å²) < 4.78 is 29.3. The second kappa shape index (κ2) is 15.1. The standard InChI is InChI=1S/C39H40N2O6SeSi/c1-5-49(3,4)47-35-33(46-37(41-26-25-34(42)40-38(41)43)36(35)48-32-19-13-8-14-20-32)27-45-39(28-15-9-6-10-16-28,29-17-11-7-12-18-29)30-21-23-31(44-2)24-22-30/h5-26,33,35-37H,1,27H2,2-4H3,(H,40,42,43)/t33-,35-,36-,37-/m1/s1. The van der Waals surface area contributed by atoms with Crippen LogP contribution in [0.2, 0.25) is 17.9 Å². The average Bonchev–Trinajstić information content (AvgIpc) is 3.45. The van der Waals surface area contributed by atoms with Crippen molar-refractivity contribution in [3.8, 4) is 5.75 Å². The Morgan fingerprint density at radius 3 is 1.98 bits per heavy atom. The van der Waals surface area contributed by atoms with Crippen LogP contribution in [0.1, 0.15) is 22.9 Å². The van der Waals surface area contributed by atoms with Crippen molar-refractivity contribution in [2.75, 3.05) is 13.7 Å². The molecule has 1 aliphatic heterocycles. The van der Waals surface area contributed by atoms with Gasteiger partial charge in [-0.25, -0.2) is 0 Å². The summed E-state index contributed by atoms with van der Waals surface area (Å²) in [7, 11) is -0.745. The van der Waals surface area contributed by atoms with Crippen LogP contribution in [-0.2, 0) is 19.5 Å². The summed E-state index contributed by atoms with van der Waals surface area (Å²) in [5, 5.41) is 0. The van der Waals surface area contributed by atoms with E-state index in [0.29, 0.717) is 0 Å². The Morgan fingerprint density at radius 1 is 0.857 bits per heavy atom. The number of aromatic nitrogens is 2. The Labute approximate surface area is 293 Å². The molecule has 1 aromatic heterocycles. The first kappa shape index (κ1) is 34.6. The van der Waals surface area contributed by atoms with E-state index in [2.05, 4.69) is 61.1 Å². The number of ether oxygens (including phenoxy) is 3. The van der Waals surface area contributed by atoms with Crippen molar-refractivity contribution >= 4 is 27.7 Å². The van der Waals surface area contributed by atoms with Gasteiger partial charge in [0.15, 0.2) is 0 Å². The van der Waals surface area contributed by atoms with E-state index in [1.54, 1.807) is 7.11 Å². The molecule has 5 aromatic rings. The van der Waals surface area contributed by atoms with Crippen LogP contribution in [0, 0.1) is 0 Å². The van der Waals surface area contributed by atoms with E-state index in [0.717, 1.165) is 26.9 Å². The van der Waals surface area contributed by atoms with Crippen molar-refractivity contribution in [2.45, 2.75) is 41.9 Å². The van der Waals surface area contributed by atoms with Gasteiger partial charge in [-0.1, -0.05) is 0 Å². The van der Waals surface area contributed by atoms with Crippen molar-refractivity contribution in [3.63, 3.8) is 0 Å². The molecule has 1 aliphatic rings. The molecule has 252 valence electrons. The summed E-state index contributed by atoms with van der Waals surface area (Å²) in [5.41, 5.74) is 2.69. The molecule has 49 heavy (non-hydrogen) atoms. The molecule has 0 radical (unpaired) electrons. The monoisotopic (exact) mass is 740 g/mol. The Bertz CT molecular complexity index is 1910. The van der Waals surface area contributed by atoms with Crippen LogP contribution in [0.5, 0.6) is 5.75 Å². The minimum absolute atomic E-state index is 0.137. The molecule has 0 spiro atoms. The van der Waals surface area contributed by atoms with E-state index >= 15 is 0 Å². The second-order valence-corrected chi connectivity index (χ2v) is 18.8. The zero-order valence-corrected chi connectivity index (χ0v) is 30.4. The number of methoxy groups -OCH3 is 1. The SMILES string of the molecule is C=C[Si](C)(C)O[C@H]1[C@@H]([Se]c2ccccc2)[C@H](n2ccc(=O)[nH]c2=O)O[C@@H]1COC(c1ccccc1)(c1ccccc1)c1ccc(OC)cc1. The average molecular weight is 740 g/mol. The van der Waals surface area contributed by atoms with E-state index in [4.69, 9.17) is 18.6 Å². The topological polar surface area (TPSA) is 91.8 Å². The van der Waals surface area contributed by atoms with Gasteiger partial charge in [-0.3, -0.25) is 0 Å². The predicted molar refractivity (Wildman–Crippen MR) is 195 cm³/mol. The molecular formula is C39H40N2O6SeSi. The van der Waals surface area contributed by atoms with Crippen LogP contribution in [0.3, 0.4) is 0 Å². The summed E-state index contributed by atoms with van der Waals surface area (Å²) in [4.78, 5) is 27.5. The van der Waals surface area contributed by atoms with Crippen molar-refractivity contribution < 1.29 is 18.6 Å². The van der Waals surface area contributed by atoms with Gasteiger partial charge < -0.3 is 0 Å². The fraction of sp³-hybridized carbons (Fsp3) is 0.231. The molecule has 1 saturated heterocycles. The fourth-order valence-corrected chi connectivity index (χ4v) is 10.2.